The molecule has 0 amide bonds. The minimum atomic E-state index is -5.36. The Balaban J connectivity index is 0.0000109. The van der Waals surface area contributed by atoms with E-state index in [1.165, 1.54) is 21.9 Å². The van der Waals surface area contributed by atoms with Crippen molar-refractivity contribution < 1.29 is 255 Å². The summed E-state index contributed by atoms with van der Waals surface area (Å²) in [7, 11) is -28.4. The van der Waals surface area contributed by atoms with Gasteiger partial charge >= 0.3 is 177 Å². The summed E-state index contributed by atoms with van der Waals surface area (Å²) < 4.78 is 219. The standard InChI is InChI=1S/C42H46N10O18S6.6Na/c1-23(2)51(5)41-47-37(45-40(50-41)44-32-22-31(72(56,57)58)14-16-34(32)74(62,63)64)18-25-7-8-26(35(17-25)75(65,66)67)9-10-27-11-12-29(21-36(27)76(68,69)70)43-39-46-38(48-42(49-39)52(6)24(3)4)20-28-19-30(71(53,54)55)13-15-33(28)73(59,60)61;;;;;;/h7-17,19,21-24H,18,20H2,1-6H3,(H,53,54,55)(H,56,57,58)(H,59,60,61)(H,62,63,64)(H,65,66,67)(H,68,69,70)(H,43,46,48,49)(H,44,45,47,50);;;;;;/q;6*+1/p-6/b10-9+;;;;;;. The first-order chi connectivity index (χ1) is 34.9. The van der Waals surface area contributed by atoms with Gasteiger partial charge in [0.2, 0.25) is 23.8 Å². The predicted octanol–water partition coefficient (Wildman–Crippen LogP) is -16.0. The molecule has 0 saturated heterocycles. The second kappa shape index (κ2) is 32.2. The summed E-state index contributed by atoms with van der Waals surface area (Å²) in [5.41, 5.74) is -1.81. The maximum atomic E-state index is 12.7. The van der Waals surface area contributed by atoms with Crippen LogP contribution in [0.25, 0.3) is 12.2 Å². The molecule has 6 rings (SSSR count). The molecule has 2 aromatic heterocycles. The van der Waals surface area contributed by atoms with Crippen molar-refractivity contribution in [1.82, 2.24) is 29.9 Å². The fourth-order valence-electron chi connectivity index (χ4n) is 6.73. The smallest absolute Gasteiger partial charge is 0.744 e. The van der Waals surface area contributed by atoms with Crippen LogP contribution in [0, 0.1) is 0 Å². The van der Waals surface area contributed by atoms with Crippen LogP contribution in [0.3, 0.4) is 0 Å². The second-order valence-corrected chi connectivity index (χ2v) is 25.0. The summed E-state index contributed by atoms with van der Waals surface area (Å²) in [6.45, 7) is 6.97. The Hall–Kier alpha value is -0.700. The second-order valence-electron chi connectivity index (χ2n) is 16.9. The fraction of sp³-hybridized carbons (Fsp3) is 0.238. The Bertz CT molecular complexity index is 3790. The molecular weight excluding hydrogens is 1260 g/mol. The van der Waals surface area contributed by atoms with Crippen molar-refractivity contribution in [3.8, 4) is 0 Å². The van der Waals surface area contributed by atoms with Gasteiger partial charge in [0.25, 0.3) is 0 Å². The molecular formula is C42H40N10Na6O18S6. The Morgan fingerprint density at radius 2 is 0.841 bits per heavy atom. The zero-order valence-corrected chi connectivity index (χ0v) is 62.9. The van der Waals surface area contributed by atoms with Crippen molar-refractivity contribution in [3.63, 3.8) is 0 Å². The number of anilines is 6. The number of nitrogens with one attached hydrogen (secondary N) is 2. The van der Waals surface area contributed by atoms with Crippen LogP contribution in [0.15, 0.2) is 102 Å². The molecule has 0 atom stereocenters. The summed E-state index contributed by atoms with van der Waals surface area (Å²) in [6.07, 6.45) is 1.04. The molecule has 2 N–H and O–H groups in total. The van der Waals surface area contributed by atoms with Gasteiger partial charge < -0.3 is 47.7 Å². The molecule has 0 aliphatic carbocycles. The molecule has 0 aliphatic heterocycles. The van der Waals surface area contributed by atoms with Gasteiger partial charge in [-0.1, -0.05) is 30.4 Å². The van der Waals surface area contributed by atoms with Gasteiger partial charge in [-0.05, 0) is 105 Å². The Labute approximate surface area is 607 Å². The van der Waals surface area contributed by atoms with E-state index in [4.69, 9.17) is 0 Å². The molecule has 0 spiro atoms. The average Bonchev–Trinajstić information content (AvgIpc) is 3.28. The maximum absolute atomic E-state index is 12.7. The molecule has 2 heterocycles. The topological polar surface area (TPSA) is 451 Å². The van der Waals surface area contributed by atoms with E-state index in [9.17, 15) is 77.8 Å². The Kier molecular flexibility index (Phi) is 31.9. The molecule has 0 saturated carbocycles. The molecule has 0 aliphatic rings. The Morgan fingerprint density at radius 1 is 0.439 bits per heavy atom. The van der Waals surface area contributed by atoms with Gasteiger partial charge in [0, 0.05) is 44.7 Å². The molecule has 40 heteroatoms. The van der Waals surface area contributed by atoms with Crippen LogP contribution in [0.2, 0.25) is 0 Å². The molecule has 408 valence electrons. The first kappa shape index (κ1) is 81.3. The monoisotopic (exact) mass is 1300 g/mol. The van der Waals surface area contributed by atoms with Crippen molar-refractivity contribution in [1.29, 1.82) is 0 Å². The third-order valence-electron chi connectivity index (χ3n) is 10.9. The van der Waals surface area contributed by atoms with E-state index < -0.39 is 114 Å². The molecule has 4 aromatic carbocycles. The molecule has 0 radical (unpaired) electrons. The quantitative estimate of drug-likeness (QED) is 0.0407. The van der Waals surface area contributed by atoms with Crippen LogP contribution in [0.1, 0.15) is 61.6 Å². The van der Waals surface area contributed by atoms with E-state index in [2.05, 4.69) is 40.5 Å². The number of rotatable bonds is 20. The van der Waals surface area contributed by atoms with Gasteiger partial charge in [-0.25, -0.2) is 50.5 Å². The molecule has 0 bridgehead atoms. The zero-order valence-electron chi connectivity index (χ0n) is 46.0. The first-order valence-electron chi connectivity index (χ1n) is 21.4. The zero-order chi connectivity index (χ0) is 56.7. The minimum Gasteiger partial charge on any atom is -0.744 e. The number of hydrogen-bond donors (Lipinski definition) is 2. The van der Waals surface area contributed by atoms with Gasteiger partial charge in [-0.15, -0.1) is 0 Å². The average molecular weight is 1300 g/mol. The third kappa shape index (κ3) is 22.1. The predicted molar refractivity (Wildman–Crippen MR) is 261 cm³/mol. The molecule has 0 unspecified atom stereocenters. The van der Waals surface area contributed by atoms with Crippen LogP contribution in [-0.4, -0.2) is 134 Å². The summed E-state index contributed by atoms with van der Waals surface area (Å²) in [6, 6.07) is 9.87. The maximum Gasteiger partial charge on any atom is 1.00 e. The van der Waals surface area contributed by atoms with E-state index >= 15 is 0 Å². The van der Waals surface area contributed by atoms with Crippen molar-refractivity contribution in [2.75, 3.05) is 34.5 Å². The number of nitrogens with zero attached hydrogens (tertiary/aromatic N) is 8. The van der Waals surface area contributed by atoms with Crippen molar-refractivity contribution >= 4 is 108 Å². The SMILES string of the molecule is CC(C)N(C)c1nc(Cc2cc(S(=O)(=O)[O-])ccc2S(=O)(=O)[O-])nc(Nc2ccc(/C=C/c3ccc(Cc4nc(Nc5cc(S(=O)(=O)[O-])ccc5S(=O)(=O)[O-])nc(N(C)C(C)C)n4)cc3S(=O)(=O)[O-])c(S(=O)(=O)[O-])c2)n1.[Na+].[Na+].[Na+].[Na+].[Na+].[Na+]. The third-order valence-corrected chi connectivity index (χ3v) is 16.2. The van der Waals surface area contributed by atoms with Crippen molar-refractivity contribution in [3.05, 3.63) is 107 Å². The van der Waals surface area contributed by atoms with E-state index in [1.54, 1.807) is 41.8 Å². The van der Waals surface area contributed by atoms with Crippen LogP contribution < -0.4 is 198 Å². The van der Waals surface area contributed by atoms with E-state index in [0.717, 1.165) is 36.4 Å². The minimum absolute atomic E-state index is 0. The normalized spacial score (nSPS) is 11.9. The van der Waals surface area contributed by atoms with Gasteiger partial charge in [0.1, 0.15) is 72.4 Å². The van der Waals surface area contributed by atoms with Crippen molar-refractivity contribution in [2.24, 2.45) is 0 Å². The molecule has 6 aromatic rings. The van der Waals surface area contributed by atoms with Crippen LogP contribution >= 0.6 is 0 Å². The number of hydrogen-bond acceptors (Lipinski definition) is 28. The number of benzene rings is 4. The first-order valence-corrected chi connectivity index (χ1v) is 29.8. The molecule has 82 heavy (non-hydrogen) atoms. The van der Waals surface area contributed by atoms with Crippen LogP contribution in [-0.2, 0) is 73.6 Å². The summed E-state index contributed by atoms with van der Waals surface area (Å²) in [5, 5.41) is 5.14. The van der Waals surface area contributed by atoms with Gasteiger partial charge in [0.05, 0.1) is 35.1 Å². The Morgan fingerprint density at radius 3 is 1.28 bits per heavy atom. The van der Waals surface area contributed by atoms with Gasteiger partial charge in [-0.2, -0.15) is 29.9 Å². The van der Waals surface area contributed by atoms with Crippen LogP contribution in [0.5, 0.6) is 0 Å². The van der Waals surface area contributed by atoms with E-state index in [0.29, 0.717) is 36.4 Å². The summed E-state index contributed by atoms with van der Waals surface area (Å²) in [4.78, 5) is 23.3. The largest absolute Gasteiger partial charge is 1.00 e. The molecule has 28 nitrogen and oxygen atoms in total. The van der Waals surface area contributed by atoms with Crippen molar-refractivity contribution in [2.45, 2.75) is 82.0 Å². The number of aromatic nitrogens is 6. The molecule has 0 fully saturated rings. The summed E-state index contributed by atoms with van der Waals surface area (Å²) >= 11 is 0. The van der Waals surface area contributed by atoms with E-state index in [1.807, 2.05) is 0 Å². The van der Waals surface area contributed by atoms with Gasteiger partial charge in [0.15, 0.2) is 0 Å². The fourth-order valence-corrected chi connectivity index (χ4v) is 10.5. The van der Waals surface area contributed by atoms with Crippen LogP contribution in [0.4, 0.5) is 35.2 Å². The van der Waals surface area contributed by atoms with E-state index in [-0.39, 0.29) is 248 Å². The van der Waals surface area contributed by atoms with Gasteiger partial charge in [-0.3, -0.25) is 0 Å². The summed E-state index contributed by atoms with van der Waals surface area (Å²) in [5.74, 6) is -1.36.